The summed E-state index contributed by atoms with van der Waals surface area (Å²) in [5.41, 5.74) is 6.36. The van der Waals surface area contributed by atoms with E-state index in [1.165, 1.54) is 27.8 Å². The van der Waals surface area contributed by atoms with Gasteiger partial charge in [-0.05, 0) is 39.9 Å². The predicted molar refractivity (Wildman–Crippen MR) is 157 cm³/mol. The van der Waals surface area contributed by atoms with Crippen molar-refractivity contribution >= 4 is 0 Å². The molecule has 1 aliphatic rings. The Morgan fingerprint density at radius 3 is 2.08 bits per heavy atom. The Morgan fingerprint density at radius 1 is 0.667 bits per heavy atom. The molecule has 5 heteroatoms. The average Bonchev–Trinajstić information content (AvgIpc) is 3.00. The average molecular weight is 523 g/mol. The molecule has 202 valence electrons. The maximum atomic E-state index is 5.92. The number of rotatable bonds is 12. The van der Waals surface area contributed by atoms with Crippen molar-refractivity contribution in [2.75, 3.05) is 53.3 Å². The van der Waals surface area contributed by atoms with E-state index < -0.39 is 0 Å². The molecule has 4 aromatic rings. The van der Waals surface area contributed by atoms with Crippen molar-refractivity contribution < 1.29 is 14.2 Å². The van der Waals surface area contributed by atoms with E-state index >= 15 is 0 Å². The normalized spacial score (nSPS) is 15.2. The molecule has 0 amide bonds. The number of hydrogen-bond donors (Lipinski definition) is 0. The monoisotopic (exact) mass is 522 g/mol. The molecule has 0 bridgehead atoms. The summed E-state index contributed by atoms with van der Waals surface area (Å²) in [6.07, 6.45) is 0. The Hall–Kier alpha value is -3.48. The SMILES string of the molecule is COCCOCOc1cccc(C(c2ccc(-c3ccccc3)cc2)N2CCN(Cc3ccccc3)CC2)c1. The molecule has 0 aromatic heterocycles. The van der Waals surface area contributed by atoms with Gasteiger partial charge in [0.2, 0.25) is 0 Å². The number of ether oxygens (including phenoxy) is 3. The summed E-state index contributed by atoms with van der Waals surface area (Å²) in [5, 5.41) is 0. The van der Waals surface area contributed by atoms with Crippen molar-refractivity contribution in [1.82, 2.24) is 9.80 Å². The van der Waals surface area contributed by atoms with E-state index in [2.05, 4.69) is 113 Å². The molecule has 1 heterocycles. The summed E-state index contributed by atoms with van der Waals surface area (Å²) in [7, 11) is 1.67. The fourth-order valence-corrected chi connectivity index (χ4v) is 5.21. The molecule has 39 heavy (non-hydrogen) atoms. The van der Waals surface area contributed by atoms with E-state index in [1.54, 1.807) is 7.11 Å². The van der Waals surface area contributed by atoms with Crippen LogP contribution in [0.1, 0.15) is 22.7 Å². The highest BCUT2D eigenvalue weighted by molar-refractivity contribution is 5.63. The fraction of sp³-hybridized carbons (Fsp3) is 0.294. The molecule has 0 saturated carbocycles. The minimum atomic E-state index is 0.145. The van der Waals surface area contributed by atoms with Gasteiger partial charge in [0.25, 0.3) is 0 Å². The van der Waals surface area contributed by atoms with Gasteiger partial charge in [-0.3, -0.25) is 9.80 Å². The number of nitrogens with zero attached hydrogens (tertiary/aromatic N) is 2. The highest BCUT2D eigenvalue weighted by atomic mass is 16.7. The first-order chi connectivity index (χ1) is 19.3. The number of methoxy groups -OCH3 is 1. The molecule has 1 fully saturated rings. The summed E-state index contributed by atoms with van der Waals surface area (Å²) in [5.74, 6) is 0.818. The van der Waals surface area contributed by atoms with Gasteiger partial charge in [-0.1, -0.05) is 97.1 Å². The van der Waals surface area contributed by atoms with Gasteiger partial charge in [-0.15, -0.1) is 0 Å². The first kappa shape index (κ1) is 27.1. The minimum absolute atomic E-state index is 0.145. The van der Waals surface area contributed by atoms with E-state index in [4.69, 9.17) is 14.2 Å². The highest BCUT2D eigenvalue weighted by Gasteiger charge is 2.27. The summed E-state index contributed by atoms with van der Waals surface area (Å²) in [4.78, 5) is 5.16. The summed E-state index contributed by atoms with van der Waals surface area (Å²) >= 11 is 0. The van der Waals surface area contributed by atoms with Crippen molar-refractivity contribution in [3.05, 3.63) is 126 Å². The summed E-state index contributed by atoms with van der Waals surface area (Å²) < 4.78 is 16.5. The molecule has 0 spiro atoms. The maximum Gasteiger partial charge on any atom is 0.189 e. The van der Waals surface area contributed by atoms with Crippen molar-refractivity contribution in [1.29, 1.82) is 0 Å². The Bertz CT molecular complexity index is 1260. The highest BCUT2D eigenvalue weighted by Crippen LogP contribution is 2.33. The molecule has 4 aromatic carbocycles. The second-order valence-electron chi connectivity index (χ2n) is 9.92. The first-order valence-corrected chi connectivity index (χ1v) is 13.8. The number of piperazine rings is 1. The van der Waals surface area contributed by atoms with Crippen LogP contribution in [-0.2, 0) is 16.0 Å². The molecule has 0 aliphatic carbocycles. The van der Waals surface area contributed by atoms with Crippen LogP contribution in [0.15, 0.2) is 109 Å². The molecular weight excluding hydrogens is 484 g/mol. The van der Waals surface area contributed by atoms with Crippen molar-refractivity contribution in [2.45, 2.75) is 12.6 Å². The van der Waals surface area contributed by atoms with E-state index in [0.717, 1.165) is 38.5 Å². The fourth-order valence-electron chi connectivity index (χ4n) is 5.21. The second-order valence-corrected chi connectivity index (χ2v) is 9.92. The van der Waals surface area contributed by atoms with Gasteiger partial charge in [-0.25, -0.2) is 0 Å². The van der Waals surface area contributed by atoms with Gasteiger partial charge in [0.05, 0.1) is 19.3 Å². The zero-order valence-electron chi connectivity index (χ0n) is 22.7. The summed E-state index contributed by atoms with van der Waals surface area (Å²) in [6, 6.07) is 39.0. The molecule has 1 atom stereocenters. The van der Waals surface area contributed by atoms with Gasteiger partial charge >= 0.3 is 0 Å². The second kappa shape index (κ2) is 14.1. The van der Waals surface area contributed by atoms with Crippen LogP contribution >= 0.6 is 0 Å². The van der Waals surface area contributed by atoms with E-state index in [0.29, 0.717) is 13.2 Å². The minimum Gasteiger partial charge on any atom is -0.468 e. The molecule has 1 saturated heterocycles. The lowest BCUT2D eigenvalue weighted by Gasteiger charge is -2.40. The van der Waals surface area contributed by atoms with Crippen LogP contribution in [0, 0.1) is 0 Å². The predicted octanol–water partition coefficient (Wildman–Crippen LogP) is 6.26. The van der Waals surface area contributed by atoms with Gasteiger partial charge in [0.15, 0.2) is 6.79 Å². The van der Waals surface area contributed by atoms with Crippen LogP contribution in [0.3, 0.4) is 0 Å². The Balaban J connectivity index is 1.34. The number of benzene rings is 4. The maximum absolute atomic E-state index is 5.92. The largest absolute Gasteiger partial charge is 0.468 e. The Kier molecular flexibility index (Phi) is 9.77. The molecule has 1 unspecified atom stereocenters. The standard InChI is InChI=1S/C34H38N2O3/c1-37-23-24-38-27-39-33-14-8-13-32(25-33)34(31-17-15-30(16-18-31)29-11-6-3-7-12-29)36-21-19-35(20-22-36)26-28-9-4-2-5-10-28/h2-18,25,34H,19-24,26-27H2,1H3. The van der Waals surface area contributed by atoms with Gasteiger partial charge < -0.3 is 14.2 Å². The van der Waals surface area contributed by atoms with Crippen LogP contribution in [0.5, 0.6) is 5.75 Å². The van der Waals surface area contributed by atoms with Gasteiger partial charge in [-0.2, -0.15) is 0 Å². The van der Waals surface area contributed by atoms with Crippen LogP contribution in [0.4, 0.5) is 0 Å². The van der Waals surface area contributed by atoms with Crippen molar-refractivity contribution in [2.24, 2.45) is 0 Å². The molecule has 5 nitrogen and oxygen atoms in total. The van der Waals surface area contributed by atoms with E-state index in [-0.39, 0.29) is 12.8 Å². The third-order valence-electron chi connectivity index (χ3n) is 7.27. The molecule has 5 rings (SSSR count). The lowest BCUT2D eigenvalue weighted by Crippen LogP contribution is -2.47. The Labute approximate surface area is 232 Å². The molecule has 0 N–H and O–H groups in total. The van der Waals surface area contributed by atoms with Crippen LogP contribution < -0.4 is 4.74 Å². The van der Waals surface area contributed by atoms with E-state index in [9.17, 15) is 0 Å². The molecule has 0 radical (unpaired) electrons. The smallest absolute Gasteiger partial charge is 0.189 e. The molecule has 1 aliphatic heterocycles. The third kappa shape index (κ3) is 7.55. The van der Waals surface area contributed by atoms with Crippen LogP contribution in [0.2, 0.25) is 0 Å². The lowest BCUT2D eigenvalue weighted by atomic mass is 9.94. The lowest BCUT2D eigenvalue weighted by molar-refractivity contribution is -0.00854. The van der Waals surface area contributed by atoms with Gasteiger partial charge in [0, 0.05) is 39.8 Å². The van der Waals surface area contributed by atoms with Crippen LogP contribution in [-0.4, -0.2) is 63.1 Å². The Morgan fingerprint density at radius 2 is 1.36 bits per heavy atom. The molecular formula is C34H38N2O3. The summed E-state index contributed by atoms with van der Waals surface area (Å²) in [6.45, 7) is 6.36. The van der Waals surface area contributed by atoms with Crippen molar-refractivity contribution in [3.8, 4) is 16.9 Å². The van der Waals surface area contributed by atoms with E-state index in [1.807, 2.05) is 6.07 Å². The van der Waals surface area contributed by atoms with Crippen molar-refractivity contribution in [3.63, 3.8) is 0 Å². The quantitative estimate of drug-likeness (QED) is 0.162. The number of hydrogen-bond acceptors (Lipinski definition) is 5. The topological polar surface area (TPSA) is 34.2 Å². The first-order valence-electron chi connectivity index (χ1n) is 13.8. The van der Waals surface area contributed by atoms with Gasteiger partial charge in [0.1, 0.15) is 5.75 Å². The van der Waals surface area contributed by atoms with Crippen LogP contribution in [0.25, 0.3) is 11.1 Å². The third-order valence-corrected chi connectivity index (χ3v) is 7.27. The zero-order valence-corrected chi connectivity index (χ0v) is 22.7. The zero-order chi connectivity index (χ0) is 26.7.